The summed E-state index contributed by atoms with van der Waals surface area (Å²) in [6, 6.07) is 6.45. The van der Waals surface area contributed by atoms with Gasteiger partial charge in [0.15, 0.2) is 6.61 Å². The van der Waals surface area contributed by atoms with Gasteiger partial charge < -0.3 is 14.7 Å². The van der Waals surface area contributed by atoms with E-state index in [2.05, 4.69) is 15.9 Å². The van der Waals surface area contributed by atoms with Crippen molar-refractivity contribution in [3.63, 3.8) is 0 Å². The number of hydrogen-bond donors (Lipinski definition) is 1. The fourth-order valence-electron chi connectivity index (χ4n) is 2.46. The van der Waals surface area contributed by atoms with Gasteiger partial charge in [0.1, 0.15) is 11.8 Å². The molecule has 1 fully saturated rings. The number of carboxylic acids is 1. The molecule has 2 rings (SSSR count). The molecule has 1 saturated heterocycles. The molecule has 1 aliphatic rings. The third-order valence-electron chi connectivity index (χ3n) is 3.63. The summed E-state index contributed by atoms with van der Waals surface area (Å²) in [4.78, 5) is 24.9. The number of rotatable bonds is 4. The average molecular weight is 356 g/mol. The van der Waals surface area contributed by atoms with Gasteiger partial charge in [-0.2, -0.15) is 0 Å². The van der Waals surface area contributed by atoms with E-state index >= 15 is 0 Å². The van der Waals surface area contributed by atoms with Crippen molar-refractivity contribution < 1.29 is 19.4 Å². The zero-order valence-electron chi connectivity index (χ0n) is 11.8. The lowest BCUT2D eigenvalue weighted by Gasteiger charge is -2.35. The van der Waals surface area contributed by atoms with Gasteiger partial charge in [-0.05, 0) is 37.0 Å². The van der Waals surface area contributed by atoms with Crippen molar-refractivity contribution in [2.45, 2.75) is 25.8 Å². The quantitative estimate of drug-likeness (QED) is 0.900. The number of amides is 1. The average Bonchev–Trinajstić information content (AvgIpc) is 2.44. The van der Waals surface area contributed by atoms with Crippen LogP contribution in [-0.4, -0.2) is 41.1 Å². The molecule has 1 N–H and O–H groups in total. The highest BCUT2D eigenvalue weighted by Gasteiger charge is 2.34. The minimum atomic E-state index is -0.947. The van der Waals surface area contributed by atoms with E-state index in [4.69, 9.17) is 4.74 Å². The van der Waals surface area contributed by atoms with E-state index in [9.17, 15) is 14.7 Å². The summed E-state index contributed by atoms with van der Waals surface area (Å²) in [6.45, 7) is 2.34. The highest BCUT2D eigenvalue weighted by Crippen LogP contribution is 2.23. The number of carboxylic acid groups (broad SMARTS) is 1. The van der Waals surface area contributed by atoms with Crippen LogP contribution in [0.4, 0.5) is 0 Å². The predicted molar refractivity (Wildman–Crippen MR) is 81.2 cm³/mol. The molecule has 6 heteroatoms. The van der Waals surface area contributed by atoms with Crippen LogP contribution in [0.15, 0.2) is 28.7 Å². The molecular weight excluding hydrogens is 338 g/mol. The van der Waals surface area contributed by atoms with Crippen LogP contribution in [-0.2, 0) is 9.59 Å². The minimum absolute atomic E-state index is 0.144. The fourth-order valence-corrected chi connectivity index (χ4v) is 2.84. The standard InChI is InChI=1S/C15H18BrNO4/c1-10-5-6-17(13(7-10)15(19)20)14(18)9-21-12-4-2-3-11(16)8-12/h2-4,8,10,13H,5-7,9H2,1H3,(H,19,20). The van der Waals surface area contributed by atoms with Crippen LogP contribution in [0.25, 0.3) is 0 Å². The van der Waals surface area contributed by atoms with Crippen molar-refractivity contribution in [2.24, 2.45) is 5.92 Å². The van der Waals surface area contributed by atoms with Crippen molar-refractivity contribution in [3.8, 4) is 5.75 Å². The van der Waals surface area contributed by atoms with Gasteiger partial charge in [-0.3, -0.25) is 4.79 Å². The number of piperidine rings is 1. The lowest BCUT2D eigenvalue weighted by molar-refractivity contribution is -0.153. The molecule has 0 bridgehead atoms. The van der Waals surface area contributed by atoms with Crippen LogP contribution in [0, 0.1) is 5.92 Å². The lowest BCUT2D eigenvalue weighted by Crippen LogP contribution is -2.51. The second-order valence-electron chi connectivity index (χ2n) is 5.32. The summed E-state index contributed by atoms with van der Waals surface area (Å²) < 4.78 is 6.31. The predicted octanol–water partition coefficient (Wildman–Crippen LogP) is 2.54. The second kappa shape index (κ2) is 6.93. The Morgan fingerprint density at radius 1 is 1.48 bits per heavy atom. The number of carbonyl (C=O) groups excluding carboxylic acids is 1. The molecular formula is C15H18BrNO4. The number of nitrogens with zero attached hydrogens (tertiary/aromatic N) is 1. The van der Waals surface area contributed by atoms with E-state index < -0.39 is 12.0 Å². The second-order valence-corrected chi connectivity index (χ2v) is 6.23. The summed E-state index contributed by atoms with van der Waals surface area (Å²) in [5.41, 5.74) is 0. The molecule has 1 aromatic carbocycles. The van der Waals surface area contributed by atoms with Gasteiger partial charge in [0.05, 0.1) is 0 Å². The van der Waals surface area contributed by atoms with Crippen LogP contribution in [0.2, 0.25) is 0 Å². The van der Waals surface area contributed by atoms with Gasteiger partial charge in [-0.1, -0.05) is 28.9 Å². The molecule has 1 aliphatic heterocycles. The van der Waals surface area contributed by atoms with E-state index in [1.54, 1.807) is 12.1 Å². The van der Waals surface area contributed by atoms with Gasteiger partial charge >= 0.3 is 5.97 Å². The van der Waals surface area contributed by atoms with Crippen LogP contribution in [0.1, 0.15) is 19.8 Å². The maximum atomic E-state index is 12.2. The van der Waals surface area contributed by atoms with Crippen molar-refractivity contribution in [3.05, 3.63) is 28.7 Å². The van der Waals surface area contributed by atoms with Crippen LogP contribution >= 0.6 is 15.9 Å². The number of ether oxygens (including phenoxy) is 1. The number of likely N-dealkylation sites (tertiary alicyclic amines) is 1. The molecule has 2 unspecified atom stereocenters. The highest BCUT2D eigenvalue weighted by molar-refractivity contribution is 9.10. The molecule has 0 aliphatic carbocycles. The van der Waals surface area contributed by atoms with Crippen molar-refractivity contribution in [1.82, 2.24) is 4.90 Å². The number of hydrogen-bond acceptors (Lipinski definition) is 3. The molecule has 21 heavy (non-hydrogen) atoms. The summed E-state index contributed by atoms with van der Waals surface area (Å²) in [7, 11) is 0. The van der Waals surface area contributed by atoms with Crippen LogP contribution < -0.4 is 4.74 Å². The normalized spacial score (nSPS) is 21.9. The van der Waals surface area contributed by atoms with Gasteiger partial charge in [0.2, 0.25) is 0 Å². The molecule has 1 heterocycles. The van der Waals surface area contributed by atoms with Crippen LogP contribution in [0.5, 0.6) is 5.75 Å². The maximum absolute atomic E-state index is 12.2. The lowest BCUT2D eigenvalue weighted by atomic mass is 9.92. The van der Waals surface area contributed by atoms with E-state index in [0.29, 0.717) is 24.6 Å². The van der Waals surface area contributed by atoms with Crippen molar-refractivity contribution >= 4 is 27.8 Å². The Bertz CT molecular complexity index is 534. The molecule has 1 aromatic rings. The van der Waals surface area contributed by atoms with Gasteiger partial charge in [-0.25, -0.2) is 4.79 Å². The smallest absolute Gasteiger partial charge is 0.326 e. The van der Waals surface area contributed by atoms with E-state index in [1.165, 1.54) is 4.90 Å². The molecule has 0 aromatic heterocycles. The van der Waals surface area contributed by atoms with Crippen molar-refractivity contribution in [2.75, 3.05) is 13.2 Å². The van der Waals surface area contributed by atoms with E-state index in [0.717, 1.165) is 10.9 Å². The third-order valence-corrected chi connectivity index (χ3v) is 4.12. The Kier molecular flexibility index (Phi) is 5.22. The summed E-state index contributed by atoms with van der Waals surface area (Å²) in [5, 5.41) is 9.26. The van der Waals surface area contributed by atoms with Crippen LogP contribution in [0.3, 0.4) is 0 Å². The van der Waals surface area contributed by atoms with Gasteiger partial charge in [0.25, 0.3) is 5.91 Å². The number of halogens is 1. The summed E-state index contributed by atoms with van der Waals surface area (Å²) in [6.07, 6.45) is 1.32. The molecule has 0 radical (unpaired) electrons. The number of benzene rings is 1. The zero-order valence-corrected chi connectivity index (χ0v) is 13.4. The first-order valence-electron chi connectivity index (χ1n) is 6.88. The zero-order chi connectivity index (χ0) is 15.4. The molecule has 5 nitrogen and oxygen atoms in total. The Morgan fingerprint density at radius 2 is 2.24 bits per heavy atom. The van der Waals surface area contributed by atoms with Gasteiger partial charge in [-0.15, -0.1) is 0 Å². The molecule has 2 atom stereocenters. The first-order chi connectivity index (χ1) is 9.97. The topological polar surface area (TPSA) is 66.8 Å². The Hall–Kier alpha value is -1.56. The minimum Gasteiger partial charge on any atom is -0.484 e. The fraction of sp³-hybridized carbons (Fsp3) is 0.467. The largest absolute Gasteiger partial charge is 0.484 e. The first kappa shape index (κ1) is 15.8. The SMILES string of the molecule is CC1CCN(C(=O)COc2cccc(Br)c2)C(C(=O)O)C1. The van der Waals surface area contributed by atoms with E-state index in [1.807, 2.05) is 19.1 Å². The highest BCUT2D eigenvalue weighted by atomic mass is 79.9. The summed E-state index contributed by atoms with van der Waals surface area (Å²) >= 11 is 3.33. The monoisotopic (exact) mass is 355 g/mol. The van der Waals surface area contributed by atoms with E-state index in [-0.39, 0.29) is 12.5 Å². The number of carbonyl (C=O) groups is 2. The third kappa shape index (κ3) is 4.20. The maximum Gasteiger partial charge on any atom is 0.326 e. The van der Waals surface area contributed by atoms with Crippen molar-refractivity contribution in [1.29, 1.82) is 0 Å². The summed E-state index contributed by atoms with van der Waals surface area (Å²) in [5.74, 6) is -0.331. The number of aliphatic carboxylic acids is 1. The Morgan fingerprint density at radius 3 is 2.90 bits per heavy atom. The van der Waals surface area contributed by atoms with Gasteiger partial charge in [0, 0.05) is 11.0 Å². The molecule has 114 valence electrons. The Labute approximate surface area is 132 Å². The molecule has 0 saturated carbocycles. The molecule has 0 spiro atoms. The first-order valence-corrected chi connectivity index (χ1v) is 7.67. The Balaban J connectivity index is 1.97. The molecule has 1 amide bonds.